The Kier molecular flexibility index (Phi) is 6.70. The zero-order chi connectivity index (χ0) is 25.2. The van der Waals surface area contributed by atoms with Crippen molar-refractivity contribution in [3.05, 3.63) is 88.7 Å². The fraction of sp³-hybridized carbons (Fsp3) is 0.300. The molecule has 36 heavy (non-hydrogen) atoms. The number of fused-ring (bicyclic) bond motifs is 1. The molecule has 2 aromatic carbocycles. The van der Waals surface area contributed by atoms with Gasteiger partial charge < -0.3 is 14.0 Å². The summed E-state index contributed by atoms with van der Waals surface area (Å²) in [5, 5.41) is 0.710. The van der Waals surface area contributed by atoms with Gasteiger partial charge in [0.1, 0.15) is 0 Å². The Morgan fingerprint density at radius 1 is 1.06 bits per heavy atom. The van der Waals surface area contributed by atoms with Crippen molar-refractivity contribution in [3.63, 3.8) is 0 Å². The van der Waals surface area contributed by atoms with Crippen LogP contribution in [0.2, 0.25) is 0 Å². The summed E-state index contributed by atoms with van der Waals surface area (Å²) in [6.07, 6.45) is 2.28. The molecule has 1 saturated heterocycles. The maximum Gasteiger partial charge on any atom is 0.339 e. The van der Waals surface area contributed by atoms with Crippen LogP contribution in [-0.2, 0) is 16.0 Å². The number of ketones is 1. The van der Waals surface area contributed by atoms with E-state index in [1.807, 2.05) is 81.4 Å². The van der Waals surface area contributed by atoms with E-state index in [2.05, 4.69) is 4.57 Å². The molecule has 3 heterocycles. The van der Waals surface area contributed by atoms with E-state index in [1.165, 1.54) is 0 Å². The first-order chi connectivity index (χ1) is 17.4. The first-order valence-corrected chi connectivity index (χ1v) is 12.4. The van der Waals surface area contributed by atoms with Gasteiger partial charge in [-0.3, -0.25) is 4.79 Å². The van der Waals surface area contributed by atoms with Gasteiger partial charge in [-0.15, -0.1) is 0 Å². The number of nitrogens with zero attached hydrogens (tertiary/aromatic N) is 2. The number of aryl methyl sites for hydroxylation is 1. The summed E-state index contributed by atoms with van der Waals surface area (Å²) in [5.41, 5.74) is 5.98. The molecule has 1 aliphatic heterocycles. The van der Waals surface area contributed by atoms with E-state index in [0.717, 1.165) is 54.2 Å². The second kappa shape index (κ2) is 10.1. The monoisotopic (exact) mass is 482 g/mol. The van der Waals surface area contributed by atoms with Crippen molar-refractivity contribution in [1.82, 2.24) is 9.55 Å². The number of Topliss-reactive ketones (excluding diaryl/α,β-unsaturated/α-hetero) is 1. The van der Waals surface area contributed by atoms with Gasteiger partial charge in [-0.25, -0.2) is 9.78 Å². The lowest BCUT2D eigenvalue weighted by atomic mass is 9.98. The largest absolute Gasteiger partial charge is 0.454 e. The lowest BCUT2D eigenvalue weighted by Crippen LogP contribution is -2.18. The summed E-state index contributed by atoms with van der Waals surface area (Å²) in [4.78, 5) is 31.3. The molecule has 1 atom stereocenters. The predicted octanol–water partition coefficient (Wildman–Crippen LogP) is 5.85. The number of hydrogen-bond acceptors (Lipinski definition) is 5. The van der Waals surface area contributed by atoms with E-state index in [0.29, 0.717) is 22.0 Å². The highest BCUT2D eigenvalue weighted by molar-refractivity contribution is 6.07. The summed E-state index contributed by atoms with van der Waals surface area (Å²) in [6, 6.07) is 19.1. The molecule has 0 saturated carbocycles. The normalized spacial score (nSPS) is 15.4. The van der Waals surface area contributed by atoms with Crippen LogP contribution in [0.1, 0.15) is 50.5 Å². The van der Waals surface area contributed by atoms with Crippen LogP contribution in [0.4, 0.5) is 0 Å². The molecule has 0 spiro atoms. The van der Waals surface area contributed by atoms with Crippen molar-refractivity contribution in [2.45, 2.75) is 46.3 Å². The van der Waals surface area contributed by atoms with Gasteiger partial charge in [0.05, 0.1) is 22.9 Å². The van der Waals surface area contributed by atoms with Gasteiger partial charge in [-0.05, 0) is 51.3 Å². The molecule has 0 bridgehead atoms. The van der Waals surface area contributed by atoms with Crippen LogP contribution >= 0.6 is 0 Å². The Hall–Kier alpha value is -3.77. The molecule has 1 fully saturated rings. The van der Waals surface area contributed by atoms with Crippen molar-refractivity contribution < 1.29 is 19.1 Å². The van der Waals surface area contributed by atoms with E-state index in [1.54, 1.807) is 0 Å². The fourth-order valence-electron chi connectivity index (χ4n) is 5.08. The first-order valence-electron chi connectivity index (χ1n) is 12.4. The topological polar surface area (TPSA) is 70.4 Å². The Morgan fingerprint density at radius 2 is 1.81 bits per heavy atom. The number of aromatic nitrogens is 2. The Labute approximate surface area is 210 Å². The third-order valence-electron chi connectivity index (χ3n) is 7.01. The standard InChI is InChI=1S/C30H30N2O4/c1-19-16-25(21(3)32(19)17-23-12-9-15-35-23)27(33)18-36-30(34)28-20(2)29(22-10-5-4-6-11-22)31-26-14-8-7-13-24(26)28/h4-8,10-11,13-14,16,23H,9,12,15,17-18H2,1-3H3. The van der Waals surface area contributed by atoms with Crippen molar-refractivity contribution in [1.29, 1.82) is 0 Å². The van der Waals surface area contributed by atoms with Gasteiger partial charge in [0, 0.05) is 41.1 Å². The van der Waals surface area contributed by atoms with Gasteiger partial charge in [0.15, 0.2) is 6.61 Å². The van der Waals surface area contributed by atoms with Crippen LogP contribution in [0.5, 0.6) is 0 Å². The molecule has 0 amide bonds. The SMILES string of the molecule is Cc1c(-c2ccccc2)nc2ccccc2c1C(=O)OCC(=O)c1cc(C)n(CC2CCCO2)c1C. The number of carbonyl (C=O) groups is 2. The van der Waals surface area contributed by atoms with Crippen LogP contribution in [0, 0.1) is 20.8 Å². The molecule has 184 valence electrons. The van der Waals surface area contributed by atoms with E-state index in [-0.39, 0.29) is 18.5 Å². The van der Waals surface area contributed by atoms with Crippen LogP contribution < -0.4 is 0 Å². The van der Waals surface area contributed by atoms with Gasteiger partial charge in [0.2, 0.25) is 5.78 Å². The molecule has 6 nitrogen and oxygen atoms in total. The van der Waals surface area contributed by atoms with Gasteiger partial charge in [-0.2, -0.15) is 0 Å². The minimum atomic E-state index is -0.523. The molecule has 1 aliphatic rings. The van der Waals surface area contributed by atoms with Gasteiger partial charge in [0.25, 0.3) is 0 Å². The number of hydrogen-bond donors (Lipinski definition) is 0. The number of carbonyl (C=O) groups excluding carboxylic acids is 2. The number of rotatable bonds is 7. The van der Waals surface area contributed by atoms with Gasteiger partial charge in [-0.1, -0.05) is 48.5 Å². The predicted molar refractivity (Wildman–Crippen MR) is 139 cm³/mol. The molecule has 0 N–H and O–H groups in total. The lowest BCUT2D eigenvalue weighted by molar-refractivity contribution is 0.0475. The molecule has 6 heteroatoms. The second-order valence-corrected chi connectivity index (χ2v) is 9.37. The highest BCUT2D eigenvalue weighted by atomic mass is 16.5. The summed E-state index contributed by atoms with van der Waals surface area (Å²) in [6.45, 7) is 7.00. The van der Waals surface area contributed by atoms with Crippen LogP contribution in [-0.4, -0.2) is 40.6 Å². The molecule has 1 unspecified atom stereocenters. The van der Waals surface area contributed by atoms with Crippen molar-refractivity contribution in [2.24, 2.45) is 0 Å². The summed E-state index contributed by atoms with van der Waals surface area (Å²) in [5.74, 6) is -0.737. The maximum absolute atomic E-state index is 13.4. The number of benzene rings is 2. The van der Waals surface area contributed by atoms with Crippen molar-refractivity contribution in [3.8, 4) is 11.3 Å². The second-order valence-electron chi connectivity index (χ2n) is 9.37. The minimum Gasteiger partial charge on any atom is -0.454 e. The van der Waals surface area contributed by atoms with E-state index in [4.69, 9.17) is 14.5 Å². The van der Waals surface area contributed by atoms with Crippen LogP contribution in [0.3, 0.4) is 0 Å². The van der Waals surface area contributed by atoms with Crippen molar-refractivity contribution >= 4 is 22.7 Å². The number of esters is 1. The zero-order valence-corrected chi connectivity index (χ0v) is 20.9. The third kappa shape index (κ3) is 4.56. The average Bonchev–Trinajstić information content (AvgIpc) is 3.51. The number of pyridine rings is 1. The minimum absolute atomic E-state index is 0.178. The molecule has 4 aromatic rings. The Balaban J connectivity index is 1.40. The van der Waals surface area contributed by atoms with Crippen LogP contribution in [0.25, 0.3) is 22.2 Å². The molecular weight excluding hydrogens is 452 g/mol. The molecular formula is C30H30N2O4. The fourth-order valence-corrected chi connectivity index (χ4v) is 5.08. The molecule has 0 aliphatic carbocycles. The van der Waals surface area contributed by atoms with E-state index < -0.39 is 5.97 Å². The summed E-state index contributed by atoms with van der Waals surface area (Å²) >= 11 is 0. The van der Waals surface area contributed by atoms with Gasteiger partial charge >= 0.3 is 5.97 Å². The first kappa shape index (κ1) is 23.9. The third-order valence-corrected chi connectivity index (χ3v) is 7.01. The highest BCUT2D eigenvalue weighted by Crippen LogP contribution is 2.30. The molecule has 0 radical (unpaired) electrons. The smallest absolute Gasteiger partial charge is 0.339 e. The highest BCUT2D eigenvalue weighted by Gasteiger charge is 2.24. The average molecular weight is 483 g/mol. The molecule has 5 rings (SSSR count). The van der Waals surface area contributed by atoms with E-state index in [9.17, 15) is 9.59 Å². The summed E-state index contributed by atoms with van der Waals surface area (Å²) < 4.78 is 13.5. The maximum atomic E-state index is 13.4. The Morgan fingerprint density at radius 3 is 2.56 bits per heavy atom. The number of ether oxygens (including phenoxy) is 2. The quantitative estimate of drug-likeness (QED) is 0.244. The van der Waals surface area contributed by atoms with Crippen LogP contribution in [0.15, 0.2) is 60.7 Å². The van der Waals surface area contributed by atoms with E-state index >= 15 is 0 Å². The summed E-state index contributed by atoms with van der Waals surface area (Å²) in [7, 11) is 0. The van der Waals surface area contributed by atoms with Crippen molar-refractivity contribution in [2.75, 3.05) is 13.2 Å². The molecule has 2 aromatic heterocycles. The number of para-hydroxylation sites is 1. The lowest BCUT2D eigenvalue weighted by Gasteiger charge is -2.15. The zero-order valence-electron chi connectivity index (χ0n) is 20.9. The Bertz CT molecular complexity index is 1430.